The summed E-state index contributed by atoms with van der Waals surface area (Å²) in [5.74, 6) is -0.110. The second kappa shape index (κ2) is 15.7. The van der Waals surface area contributed by atoms with Gasteiger partial charge in [-0.25, -0.2) is 9.59 Å². The molecule has 254 valence electrons. The van der Waals surface area contributed by atoms with E-state index in [1.807, 2.05) is 69.5 Å². The van der Waals surface area contributed by atoms with Gasteiger partial charge in [-0.05, 0) is 93.1 Å². The molecule has 0 spiro atoms. The first kappa shape index (κ1) is 37.4. The molecule has 1 aliphatic heterocycles. The summed E-state index contributed by atoms with van der Waals surface area (Å²) in [7, 11) is -0.730. The van der Waals surface area contributed by atoms with Crippen molar-refractivity contribution in [1.29, 1.82) is 0 Å². The van der Waals surface area contributed by atoms with E-state index in [-0.39, 0.29) is 29.2 Å². The average Bonchev–Trinajstić information content (AvgIpc) is 3.38. The van der Waals surface area contributed by atoms with Crippen molar-refractivity contribution in [3.63, 3.8) is 0 Å². The summed E-state index contributed by atoms with van der Waals surface area (Å²) in [6.07, 6.45) is 2.68. The molecule has 2 amide bonds. The maximum atomic E-state index is 13.5. The number of amides is 2. The highest BCUT2D eigenvalue weighted by molar-refractivity contribution is 7.98. The van der Waals surface area contributed by atoms with Crippen molar-refractivity contribution in [3.05, 3.63) is 54.1 Å². The third kappa shape index (κ3) is 10.2. The van der Waals surface area contributed by atoms with E-state index < -0.39 is 25.9 Å². The zero-order chi connectivity index (χ0) is 34.3. The maximum absolute atomic E-state index is 13.5. The van der Waals surface area contributed by atoms with Crippen molar-refractivity contribution in [3.8, 4) is 11.1 Å². The van der Waals surface area contributed by atoms with E-state index in [1.54, 1.807) is 22.7 Å². The summed E-state index contributed by atoms with van der Waals surface area (Å²) in [4.78, 5) is 41.1. The predicted octanol–water partition coefficient (Wildman–Crippen LogP) is 7.19. The van der Waals surface area contributed by atoms with Gasteiger partial charge in [0, 0.05) is 24.3 Å². The molecule has 1 aliphatic rings. The minimum Gasteiger partial charge on any atom is -0.467 e. The van der Waals surface area contributed by atoms with Crippen molar-refractivity contribution >= 4 is 43.7 Å². The topological polar surface area (TPSA) is 106 Å². The molecule has 0 bridgehead atoms. The Morgan fingerprint density at radius 2 is 1.72 bits per heavy atom. The van der Waals surface area contributed by atoms with Gasteiger partial charge in [0.15, 0.2) is 8.32 Å². The number of methoxy groups -OCH3 is 1. The molecule has 0 saturated carbocycles. The fourth-order valence-corrected chi connectivity index (χ4v) is 6.93. The number of esters is 1. The summed E-state index contributed by atoms with van der Waals surface area (Å²) >= 11 is 1.60. The van der Waals surface area contributed by atoms with E-state index in [9.17, 15) is 14.4 Å². The van der Waals surface area contributed by atoms with E-state index in [4.69, 9.17) is 13.9 Å². The normalized spacial score (nSPS) is 17.7. The van der Waals surface area contributed by atoms with Crippen LogP contribution < -0.4 is 10.6 Å². The Morgan fingerprint density at radius 3 is 2.30 bits per heavy atom. The number of hydrogen-bond donors (Lipinski definition) is 2. The van der Waals surface area contributed by atoms with E-state index in [1.165, 1.54) is 7.11 Å². The van der Waals surface area contributed by atoms with Crippen molar-refractivity contribution in [2.24, 2.45) is 0 Å². The summed E-state index contributed by atoms with van der Waals surface area (Å²) in [5.41, 5.74) is 2.24. The van der Waals surface area contributed by atoms with Crippen LogP contribution in [0.25, 0.3) is 11.1 Å². The molecular weight excluding hydrogens is 619 g/mol. The van der Waals surface area contributed by atoms with Gasteiger partial charge in [-0.2, -0.15) is 11.8 Å². The molecule has 2 N–H and O–H groups in total. The molecule has 11 heteroatoms. The Morgan fingerprint density at radius 1 is 1.04 bits per heavy atom. The molecule has 1 heterocycles. The number of likely N-dealkylation sites (tertiary alicyclic amines) is 1. The Labute approximate surface area is 280 Å². The summed E-state index contributed by atoms with van der Waals surface area (Å²) < 4.78 is 17.5. The lowest BCUT2D eigenvalue weighted by molar-refractivity contribution is -0.142. The summed E-state index contributed by atoms with van der Waals surface area (Å²) in [6.45, 7) is 17.7. The maximum Gasteiger partial charge on any atom is 0.410 e. The third-order valence-electron chi connectivity index (χ3n) is 8.56. The number of ether oxygens (including phenoxy) is 2. The lowest BCUT2D eigenvalue weighted by atomic mass is 9.98. The zero-order valence-corrected chi connectivity index (χ0v) is 31.0. The number of carbonyl (C=O) groups excluding carboxylic acids is 3. The van der Waals surface area contributed by atoms with Crippen molar-refractivity contribution in [2.45, 2.75) is 96.3 Å². The lowest BCUT2D eigenvalue weighted by Crippen LogP contribution is -2.45. The van der Waals surface area contributed by atoms with Gasteiger partial charge in [0.1, 0.15) is 11.6 Å². The second-order valence-electron chi connectivity index (χ2n) is 14.4. The molecule has 0 aliphatic carbocycles. The van der Waals surface area contributed by atoms with Gasteiger partial charge in [-0.15, -0.1) is 0 Å². The highest BCUT2D eigenvalue weighted by atomic mass is 32.2. The largest absolute Gasteiger partial charge is 0.467 e. The molecule has 3 rings (SSSR count). The SMILES string of the molecule is COC(=O)C(CCSC)NC(=O)c1ccc(NC[C@@H]2C[C@@H](O[Si](C)(C)C(C)(C)C)CN2C(=O)OC(C)(C)C)cc1-c1ccccc1. The zero-order valence-electron chi connectivity index (χ0n) is 29.2. The van der Waals surface area contributed by atoms with Crippen LogP contribution in [0.15, 0.2) is 48.5 Å². The molecule has 1 unspecified atom stereocenters. The van der Waals surface area contributed by atoms with Crippen LogP contribution >= 0.6 is 11.8 Å². The van der Waals surface area contributed by atoms with Crippen LogP contribution in [0.2, 0.25) is 18.1 Å². The predicted molar refractivity (Wildman–Crippen MR) is 190 cm³/mol. The number of carbonyl (C=O) groups is 3. The third-order valence-corrected chi connectivity index (χ3v) is 13.7. The van der Waals surface area contributed by atoms with Crippen LogP contribution in [0.4, 0.5) is 10.5 Å². The molecule has 2 aromatic rings. The number of nitrogens with zero attached hydrogens (tertiary/aromatic N) is 1. The highest BCUT2D eigenvalue weighted by Gasteiger charge is 2.44. The number of benzene rings is 2. The van der Waals surface area contributed by atoms with Crippen LogP contribution in [-0.2, 0) is 18.7 Å². The minimum atomic E-state index is -2.06. The number of thioether (sulfide) groups is 1. The summed E-state index contributed by atoms with van der Waals surface area (Å²) in [6, 6.07) is 14.3. The van der Waals surface area contributed by atoms with Crippen molar-refractivity contribution < 1.29 is 28.3 Å². The number of nitrogens with one attached hydrogen (secondary N) is 2. The van der Waals surface area contributed by atoms with Crippen LogP contribution in [0.3, 0.4) is 0 Å². The molecule has 9 nitrogen and oxygen atoms in total. The molecule has 0 radical (unpaired) electrons. The number of hydrogen-bond acceptors (Lipinski definition) is 8. The standard InChI is InChI=1S/C35H53N3O6SSi/c1-34(2,3)43-33(41)38-23-27(44-46(9,10)35(4,5)6)21-26(38)22-36-25-16-17-28(29(20-25)24-14-12-11-13-15-24)31(39)37-30(18-19-45-8)32(40)42-7/h11-17,20,26-27,30,36H,18-19,21-23H2,1-10H3,(H,37,39)/t26-,27+,30?/m0/s1. The van der Waals surface area contributed by atoms with Gasteiger partial charge in [0.25, 0.3) is 5.91 Å². The number of rotatable bonds is 12. The number of anilines is 1. The first-order valence-electron chi connectivity index (χ1n) is 15.9. The quantitative estimate of drug-likeness (QED) is 0.181. The Hall–Kier alpha value is -3.02. The molecule has 0 aromatic heterocycles. The van der Waals surface area contributed by atoms with Crippen molar-refractivity contribution in [1.82, 2.24) is 10.2 Å². The molecule has 46 heavy (non-hydrogen) atoms. The first-order valence-corrected chi connectivity index (χ1v) is 20.2. The highest BCUT2D eigenvalue weighted by Crippen LogP contribution is 2.39. The molecule has 1 saturated heterocycles. The molecule has 1 fully saturated rings. The van der Waals surface area contributed by atoms with E-state index >= 15 is 0 Å². The Kier molecular flexibility index (Phi) is 12.8. The van der Waals surface area contributed by atoms with Gasteiger partial charge in [-0.1, -0.05) is 51.1 Å². The van der Waals surface area contributed by atoms with Gasteiger partial charge in [-0.3, -0.25) is 4.79 Å². The Balaban J connectivity index is 1.87. The first-order chi connectivity index (χ1) is 21.5. The lowest BCUT2D eigenvalue weighted by Gasteiger charge is -2.38. The van der Waals surface area contributed by atoms with Crippen LogP contribution in [0.1, 0.15) is 64.7 Å². The minimum absolute atomic E-state index is 0.0494. The average molecular weight is 672 g/mol. The van der Waals surface area contributed by atoms with Gasteiger partial charge in [0.05, 0.1) is 19.3 Å². The molecular formula is C35H53N3O6SSi. The summed E-state index contributed by atoms with van der Waals surface area (Å²) in [5, 5.41) is 6.45. The smallest absolute Gasteiger partial charge is 0.410 e. The van der Waals surface area contributed by atoms with E-state index in [2.05, 4.69) is 44.5 Å². The van der Waals surface area contributed by atoms with Crippen LogP contribution in [0.5, 0.6) is 0 Å². The van der Waals surface area contributed by atoms with Gasteiger partial charge >= 0.3 is 12.1 Å². The van der Waals surface area contributed by atoms with Crippen LogP contribution in [-0.4, -0.2) is 87.2 Å². The fourth-order valence-electron chi connectivity index (χ4n) is 5.10. The fraction of sp³-hybridized carbons (Fsp3) is 0.571. The molecule has 2 aromatic carbocycles. The molecule has 3 atom stereocenters. The second-order valence-corrected chi connectivity index (χ2v) is 20.1. The monoisotopic (exact) mass is 671 g/mol. The van der Waals surface area contributed by atoms with Crippen LogP contribution in [0, 0.1) is 0 Å². The van der Waals surface area contributed by atoms with Crippen molar-refractivity contribution in [2.75, 3.05) is 37.5 Å². The van der Waals surface area contributed by atoms with E-state index in [0.29, 0.717) is 37.2 Å². The van der Waals surface area contributed by atoms with E-state index in [0.717, 1.165) is 16.8 Å². The van der Waals surface area contributed by atoms with Gasteiger partial charge < -0.3 is 29.4 Å². The Bertz CT molecular complexity index is 1340. The van der Waals surface area contributed by atoms with Gasteiger partial charge in [0.2, 0.25) is 0 Å².